The summed E-state index contributed by atoms with van der Waals surface area (Å²) in [6.45, 7) is 0.263. The quantitative estimate of drug-likeness (QED) is 0.193. The molecule has 0 radical (unpaired) electrons. The van der Waals surface area contributed by atoms with Crippen molar-refractivity contribution in [2.45, 2.75) is 44.8 Å². The number of H-pyrrole nitrogens is 1. The third kappa shape index (κ3) is 5.71. The van der Waals surface area contributed by atoms with Gasteiger partial charge in [-0.05, 0) is 101 Å². The van der Waals surface area contributed by atoms with Gasteiger partial charge in [-0.25, -0.2) is 4.98 Å². The number of nitrogens with zero attached hydrogens (tertiary/aromatic N) is 6. The first-order valence-electron chi connectivity index (χ1n) is 15.5. The standard InChI is InChI=1S/C36H32N8O2/c1-38-36(45)27-13-17-31(24-9-7-23(21-37)8-10-24)28(19-27)22-46-30-15-11-25(12-16-30)35-39-32-20-26(34-40-42-43-41-34)14-18-33(32)44(35)29-5-3-2-4-6-29/h7-20,29H,2-6,22H2,1H3,(H,38,45)(H,40,41,42,43). The predicted octanol–water partition coefficient (Wildman–Crippen LogP) is 6.87. The van der Waals surface area contributed by atoms with Crippen LogP contribution < -0.4 is 10.1 Å². The minimum Gasteiger partial charge on any atom is -0.489 e. The molecule has 1 aliphatic rings. The number of amides is 1. The Labute approximate surface area is 266 Å². The summed E-state index contributed by atoms with van der Waals surface area (Å²) in [6, 6.07) is 29.7. The molecule has 0 bridgehead atoms. The van der Waals surface area contributed by atoms with Crippen molar-refractivity contribution in [2.75, 3.05) is 7.05 Å². The van der Waals surface area contributed by atoms with Crippen LogP contribution in [0.5, 0.6) is 5.75 Å². The van der Waals surface area contributed by atoms with E-state index in [-0.39, 0.29) is 12.5 Å². The minimum absolute atomic E-state index is 0.165. The van der Waals surface area contributed by atoms with Crippen molar-refractivity contribution in [1.82, 2.24) is 35.5 Å². The molecule has 0 aliphatic heterocycles. The van der Waals surface area contributed by atoms with E-state index in [1.807, 2.05) is 48.5 Å². The highest BCUT2D eigenvalue weighted by molar-refractivity contribution is 5.95. The van der Waals surface area contributed by atoms with Gasteiger partial charge in [0.05, 0.1) is 22.7 Å². The van der Waals surface area contributed by atoms with Gasteiger partial charge in [0.2, 0.25) is 5.82 Å². The largest absolute Gasteiger partial charge is 0.489 e. The number of aromatic amines is 1. The average molecular weight is 609 g/mol. The van der Waals surface area contributed by atoms with Gasteiger partial charge in [0.15, 0.2) is 0 Å². The van der Waals surface area contributed by atoms with Crippen molar-refractivity contribution in [1.29, 1.82) is 5.26 Å². The lowest BCUT2D eigenvalue weighted by Crippen LogP contribution is -2.18. The predicted molar refractivity (Wildman–Crippen MR) is 175 cm³/mol. The molecule has 6 aromatic rings. The molecule has 1 aliphatic carbocycles. The Morgan fingerprint density at radius 1 is 0.957 bits per heavy atom. The Kier molecular flexibility index (Phi) is 7.96. The van der Waals surface area contributed by atoms with Crippen LogP contribution in [0.2, 0.25) is 0 Å². The van der Waals surface area contributed by atoms with E-state index in [4.69, 9.17) is 9.72 Å². The monoisotopic (exact) mass is 608 g/mol. The van der Waals surface area contributed by atoms with Gasteiger partial charge >= 0.3 is 0 Å². The highest BCUT2D eigenvalue weighted by Crippen LogP contribution is 2.37. The topological polar surface area (TPSA) is 134 Å². The van der Waals surface area contributed by atoms with Crippen LogP contribution in [0.4, 0.5) is 0 Å². The maximum atomic E-state index is 12.4. The van der Waals surface area contributed by atoms with Crippen molar-refractivity contribution in [3.05, 3.63) is 102 Å². The van der Waals surface area contributed by atoms with E-state index < -0.39 is 0 Å². The number of hydrogen-bond acceptors (Lipinski definition) is 7. The van der Waals surface area contributed by atoms with E-state index in [0.717, 1.165) is 57.5 Å². The van der Waals surface area contributed by atoms with Crippen molar-refractivity contribution in [3.8, 4) is 45.7 Å². The number of carbonyl (C=O) groups excluding carboxylic acids is 1. The first kappa shape index (κ1) is 28.9. The Morgan fingerprint density at radius 3 is 2.43 bits per heavy atom. The summed E-state index contributed by atoms with van der Waals surface area (Å²) in [6.07, 6.45) is 5.95. The van der Waals surface area contributed by atoms with Crippen LogP contribution in [-0.2, 0) is 6.61 Å². The highest BCUT2D eigenvalue weighted by Gasteiger charge is 2.23. The third-order valence-corrected chi connectivity index (χ3v) is 8.66. The molecule has 2 aromatic heterocycles. The Balaban J connectivity index is 1.18. The molecule has 0 spiro atoms. The Hall–Kier alpha value is -5.82. The number of tetrazole rings is 1. The fourth-order valence-electron chi connectivity index (χ4n) is 6.30. The maximum Gasteiger partial charge on any atom is 0.251 e. The summed E-state index contributed by atoms with van der Waals surface area (Å²) >= 11 is 0. The van der Waals surface area contributed by atoms with E-state index in [9.17, 15) is 10.1 Å². The molecule has 1 saturated carbocycles. The zero-order valence-electron chi connectivity index (χ0n) is 25.4. The van der Waals surface area contributed by atoms with E-state index in [0.29, 0.717) is 28.7 Å². The smallest absolute Gasteiger partial charge is 0.251 e. The summed E-state index contributed by atoms with van der Waals surface area (Å²) in [7, 11) is 1.62. The molecule has 0 saturated heterocycles. The zero-order chi connectivity index (χ0) is 31.5. The second kappa shape index (κ2) is 12.7. The van der Waals surface area contributed by atoms with E-state index in [2.05, 4.69) is 54.8 Å². The van der Waals surface area contributed by atoms with Gasteiger partial charge in [-0.15, -0.1) is 10.2 Å². The molecule has 0 unspecified atom stereocenters. The van der Waals surface area contributed by atoms with Crippen LogP contribution in [-0.4, -0.2) is 43.1 Å². The van der Waals surface area contributed by atoms with Crippen LogP contribution >= 0.6 is 0 Å². The summed E-state index contributed by atoms with van der Waals surface area (Å²) in [4.78, 5) is 17.5. The molecule has 10 heteroatoms. The van der Waals surface area contributed by atoms with Crippen molar-refractivity contribution < 1.29 is 9.53 Å². The van der Waals surface area contributed by atoms with Crippen LogP contribution in [0.25, 0.3) is 44.9 Å². The molecule has 7 rings (SSSR count). The number of fused-ring (bicyclic) bond motifs is 1. The van der Waals surface area contributed by atoms with Crippen molar-refractivity contribution >= 4 is 16.9 Å². The first-order valence-corrected chi connectivity index (χ1v) is 15.5. The van der Waals surface area contributed by atoms with Crippen LogP contribution in [0, 0.1) is 11.3 Å². The van der Waals surface area contributed by atoms with Crippen LogP contribution in [0.15, 0.2) is 84.9 Å². The van der Waals surface area contributed by atoms with E-state index >= 15 is 0 Å². The highest BCUT2D eigenvalue weighted by atomic mass is 16.5. The van der Waals surface area contributed by atoms with Crippen LogP contribution in [0.3, 0.4) is 0 Å². The SMILES string of the molecule is CNC(=O)c1ccc(-c2ccc(C#N)cc2)c(COc2ccc(-c3nc4cc(-c5nn[nH]n5)ccc4n3C3CCCCC3)cc2)c1. The second-order valence-electron chi connectivity index (χ2n) is 11.5. The second-order valence-corrected chi connectivity index (χ2v) is 11.5. The number of imidazole rings is 1. The summed E-state index contributed by atoms with van der Waals surface area (Å²) < 4.78 is 8.69. The molecule has 1 fully saturated rings. The van der Waals surface area contributed by atoms with Crippen LogP contribution in [0.1, 0.15) is 59.6 Å². The summed E-state index contributed by atoms with van der Waals surface area (Å²) in [5.74, 6) is 2.02. The third-order valence-electron chi connectivity index (χ3n) is 8.66. The molecule has 1 amide bonds. The Morgan fingerprint density at radius 2 is 1.72 bits per heavy atom. The molecule has 0 atom stereocenters. The molecule has 2 N–H and O–H groups in total. The van der Waals surface area contributed by atoms with Crippen molar-refractivity contribution in [2.24, 2.45) is 0 Å². The summed E-state index contributed by atoms with van der Waals surface area (Å²) in [5, 5.41) is 26.4. The number of benzene rings is 4. The number of aromatic nitrogens is 6. The fourth-order valence-corrected chi connectivity index (χ4v) is 6.30. The molecular formula is C36H32N8O2. The van der Waals surface area contributed by atoms with Gasteiger partial charge in [0.25, 0.3) is 5.91 Å². The molecular weight excluding hydrogens is 576 g/mol. The lowest BCUT2D eigenvalue weighted by Gasteiger charge is -2.25. The lowest BCUT2D eigenvalue weighted by atomic mass is 9.94. The van der Waals surface area contributed by atoms with Crippen molar-refractivity contribution in [3.63, 3.8) is 0 Å². The average Bonchev–Trinajstić information content (AvgIpc) is 3.80. The molecule has 2 heterocycles. The summed E-state index contributed by atoms with van der Waals surface area (Å²) in [5.41, 5.74) is 7.77. The normalized spacial score (nSPS) is 13.4. The maximum absolute atomic E-state index is 12.4. The lowest BCUT2D eigenvalue weighted by molar-refractivity contribution is 0.0963. The minimum atomic E-state index is -0.165. The van der Waals surface area contributed by atoms with E-state index in [1.165, 1.54) is 19.3 Å². The Bertz CT molecular complexity index is 2040. The molecule has 228 valence electrons. The zero-order valence-corrected chi connectivity index (χ0v) is 25.4. The van der Waals surface area contributed by atoms with Gasteiger partial charge in [-0.3, -0.25) is 4.79 Å². The number of hydrogen-bond donors (Lipinski definition) is 2. The van der Waals surface area contributed by atoms with Gasteiger partial charge in [-0.2, -0.15) is 10.5 Å². The van der Waals surface area contributed by atoms with Gasteiger partial charge in [0.1, 0.15) is 18.2 Å². The van der Waals surface area contributed by atoms with Gasteiger partial charge in [-0.1, -0.05) is 37.5 Å². The molecule has 10 nitrogen and oxygen atoms in total. The number of nitrogens with one attached hydrogen (secondary N) is 2. The number of ether oxygens (including phenoxy) is 1. The molecule has 4 aromatic carbocycles. The first-order chi connectivity index (χ1) is 22.6. The number of carbonyl (C=O) groups is 1. The van der Waals surface area contributed by atoms with Gasteiger partial charge in [0, 0.05) is 29.8 Å². The van der Waals surface area contributed by atoms with Gasteiger partial charge < -0.3 is 14.6 Å². The molecule has 46 heavy (non-hydrogen) atoms. The number of rotatable bonds is 8. The fraction of sp³-hybridized carbons (Fsp3) is 0.222. The number of nitriles is 1. The van der Waals surface area contributed by atoms with E-state index in [1.54, 1.807) is 25.2 Å².